The predicted molar refractivity (Wildman–Crippen MR) is 149 cm³/mol. The minimum Gasteiger partial charge on any atom is -0.400 e. The molecule has 8 heteroatoms. The van der Waals surface area contributed by atoms with E-state index in [0.29, 0.717) is 0 Å². The average molecular weight is 530 g/mol. The maximum absolute atomic E-state index is 11.2. The first-order valence-corrected chi connectivity index (χ1v) is 12.4. The number of unbranched alkanes of at least 4 members (excludes halogenated alkanes) is 1. The molecule has 5 nitrogen and oxygen atoms in total. The first-order valence-electron chi connectivity index (χ1n) is 12.4. The van der Waals surface area contributed by atoms with E-state index in [4.69, 9.17) is 5.11 Å². The summed E-state index contributed by atoms with van der Waals surface area (Å²) in [6.45, 7) is 6.21. The van der Waals surface area contributed by atoms with Gasteiger partial charge in [0.25, 0.3) is 0 Å². The molecule has 1 aliphatic rings. The molecule has 1 aromatic carbocycles. The number of rotatable bonds is 8. The maximum atomic E-state index is 11.2. The van der Waals surface area contributed by atoms with Gasteiger partial charge in [0.05, 0.1) is 6.42 Å². The van der Waals surface area contributed by atoms with Crippen molar-refractivity contribution >= 4 is 17.6 Å². The highest BCUT2D eigenvalue weighted by atomic mass is 19.4. The van der Waals surface area contributed by atoms with Crippen molar-refractivity contribution in [1.29, 1.82) is 0 Å². The maximum Gasteiger partial charge on any atom is 0.390 e. The molecule has 0 spiro atoms. The van der Waals surface area contributed by atoms with Crippen LogP contribution in [0.1, 0.15) is 60.2 Å². The Morgan fingerprint density at radius 1 is 1.13 bits per heavy atom. The molecule has 2 aromatic rings. The van der Waals surface area contributed by atoms with Gasteiger partial charge >= 0.3 is 6.18 Å². The van der Waals surface area contributed by atoms with Crippen LogP contribution in [0.3, 0.4) is 0 Å². The topological polar surface area (TPSA) is 65.5 Å². The van der Waals surface area contributed by atoms with Crippen LogP contribution in [-0.4, -0.2) is 48.2 Å². The van der Waals surface area contributed by atoms with E-state index in [1.807, 2.05) is 50.5 Å². The minimum absolute atomic E-state index is 0.00347. The van der Waals surface area contributed by atoms with Crippen LogP contribution in [-0.2, 0) is 0 Å². The van der Waals surface area contributed by atoms with Crippen molar-refractivity contribution in [1.82, 2.24) is 15.2 Å². The van der Waals surface area contributed by atoms with Crippen LogP contribution in [0.4, 0.5) is 13.2 Å². The Kier molecular flexibility index (Phi) is 14.6. The molecule has 0 aliphatic carbocycles. The summed E-state index contributed by atoms with van der Waals surface area (Å²) in [5.41, 5.74) is 7.33. The summed E-state index contributed by atoms with van der Waals surface area (Å²) < 4.78 is 33.6. The van der Waals surface area contributed by atoms with Crippen molar-refractivity contribution in [2.24, 2.45) is 0 Å². The summed E-state index contributed by atoms with van der Waals surface area (Å²) in [7, 11) is 2.49. The van der Waals surface area contributed by atoms with Crippen LogP contribution >= 0.6 is 0 Å². The number of allylic oxidation sites excluding steroid dienone is 5. The second-order valence-corrected chi connectivity index (χ2v) is 8.27. The lowest BCUT2D eigenvalue weighted by atomic mass is 10.00. The molecular weight excluding hydrogens is 491 g/mol. The average Bonchev–Trinajstić information content (AvgIpc) is 2.93. The van der Waals surface area contributed by atoms with Crippen LogP contribution < -0.4 is 5.32 Å². The van der Waals surface area contributed by atoms with Crippen molar-refractivity contribution in [2.75, 3.05) is 20.7 Å². The van der Waals surface area contributed by atoms with Crippen LogP contribution in [0.25, 0.3) is 11.3 Å². The third kappa shape index (κ3) is 10.5. The van der Waals surface area contributed by atoms with Gasteiger partial charge in [-0.15, -0.1) is 0 Å². The Bertz CT molecular complexity index is 1120. The van der Waals surface area contributed by atoms with Gasteiger partial charge in [0.1, 0.15) is 6.29 Å². The molecule has 206 valence electrons. The van der Waals surface area contributed by atoms with E-state index in [-0.39, 0.29) is 6.54 Å². The second kappa shape index (κ2) is 17.1. The van der Waals surface area contributed by atoms with Crippen molar-refractivity contribution in [3.63, 3.8) is 0 Å². The number of benzene rings is 1. The Balaban J connectivity index is 0.000000620. The molecule has 0 unspecified atom stereocenters. The van der Waals surface area contributed by atoms with E-state index in [1.165, 1.54) is 7.05 Å². The number of hydrogen-bond donors (Lipinski definition) is 2. The van der Waals surface area contributed by atoms with E-state index in [1.54, 1.807) is 0 Å². The van der Waals surface area contributed by atoms with Crippen molar-refractivity contribution < 1.29 is 23.1 Å². The summed E-state index contributed by atoms with van der Waals surface area (Å²) in [5.74, 6) is 0. The van der Waals surface area contributed by atoms with Crippen LogP contribution in [0.5, 0.6) is 0 Å². The molecule has 3 rings (SSSR count). The molecule has 0 saturated carbocycles. The normalized spacial score (nSPS) is 14.2. The molecule has 1 aromatic heterocycles. The monoisotopic (exact) mass is 529 g/mol. The van der Waals surface area contributed by atoms with Crippen molar-refractivity contribution in [2.45, 2.75) is 46.2 Å². The lowest BCUT2D eigenvalue weighted by Gasteiger charge is -2.29. The Hall–Kier alpha value is -3.49. The molecule has 0 saturated heterocycles. The number of carbonyl (C=O) groups is 1. The number of aromatic nitrogens is 1. The minimum atomic E-state index is -4.01. The first kappa shape index (κ1) is 32.5. The third-order valence-corrected chi connectivity index (χ3v) is 5.52. The summed E-state index contributed by atoms with van der Waals surface area (Å²) in [5, 5.41) is 9.40. The number of pyridine rings is 1. The molecule has 0 bridgehead atoms. The summed E-state index contributed by atoms with van der Waals surface area (Å²) in [6, 6.07) is 10.0. The zero-order valence-electron chi connectivity index (χ0n) is 22.7. The fourth-order valence-electron chi connectivity index (χ4n) is 3.57. The van der Waals surface area contributed by atoms with Gasteiger partial charge in [-0.2, -0.15) is 13.2 Å². The Morgan fingerprint density at radius 3 is 2.32 bits per heavy atom. The van der Waals surface area contributed by atoms with Gasteiger partial charge in [-0.1, -0.05) is 43.7 Å². The van der Waals surface area contributed by atoms with Gasteiger partial charge in [0.2, 0.25) is 0 Å². The van der Waals surface area contributed by atoms with E-state index in [2.05, 4.69) is 58.7 Å². The van der Waals surface area contributed by atoms with Crippen molar-refractivity contribution in [3.8, 4) is 0 Å². The van der Waals surface area contributed by atoms with Gasteiger partial charge in [0, 0.05) is 49.2 Å². The van der Waals surface area contributed by atoms with E-state index < -0.39 is 12.6 Å². The highest BCUT2D eigenvalue weighted by Gasteiger charge is 2.25. The van der Waals surface area contributed by atoms with Crippen LogP contribution in [0, 0.1) is 6.92 Å². The molecular formula is C30H38F3N3O2. The second-order valence-electron chi connectivity index (χ2n) is 8.27. The number of halogens is 3. The highest BCUT2D eigenvalue weighted by molar-refractivity contribution is 5.81. The Labute approximate surface area is 224 Å². The van der Waals surface area contributed by atoms with Gasteiger partial charge in [-0.3, -0.25) is 9.78 Å². The number of aliphatic hydroxyl groups excluding tert-OH is 1. The number of nitrogens with one attached hydrogen (secondary N) is 1. The van der Waals surface area contributed by atoms with Gasteiger partial charge in [-0.25, -0.2) is 0 Å². The zero-order chi connectivity index (χ0) is 28.6. The first-order chi connectivity index (χ1) is 18.2. The number of hydrogen-bond acceptors (Lipinski definition) is 5. The lowest BCUT2D eigenvalue weighted by Crippen LogP contribution is -2.17. The third-order valence-electron chi connectivity index (χ3n) is 5.52. The lowest BCUT2D eigenvalue weighted by molar-refractivity contribution is -0.133. The zero-order valence-corrected chi connectivity index (χ0v) is 22.7. The van der Waals surface area contributed by atoms with Gasteiger partial charge in [0.15, 0.2) is 0 Å². The fraction of sp³-hybridized carbons (Fsp3) is 0.333. The van der Waals surface area contributed by atoms with E-state index >= 15 is 0 Å². The fourth-order valence-corrected chi connectivity index (χ4v) is 3.57. The molecule has 0 atom stereocenters. The number of carbonyl (C=O) groups excluding carboxylic acids is 1. The highest BCUT2D eigenvalue weighted by Crippen LogP contribution is 2.32. The summed E-state index contributed by atoms with van der Waals surface area (Å²) >= 11 is 0. The molecule has 2 heterocycles. The van der Waals surface area contributed by atoms with Gasteiger partial charge < -0.3 is 15.3 Å². The molecule has 2 N–H and O–H groups in total. The van der Waals surface area contributed by atoms with Crippen LogP contribution in [0.2, 0.25) is 0 Å². The van der Waals surface area contributed by atoms with Gasteiger partial charge in [-0.05, 0) is 73.9 Å². The molecule has 0 amide bonds. The van der Waals surface area contributed by atoms with Crippen molar-refractivity contribution in [3.05, 3.63) is 101 Å². The SMILES string of the molecule is C/C=C(/c1ccc(C=O)c(C)c1)N1C=C(c2ccncc2)C=C/C1=C\CCC.CNCCC(F)(F)F.CO. The number of alkyl halides is 3. The number of nitrogens with zero attached hydrogens (tertiary/aromatic N) is 2. The van der Waals surface area contributed by atoms with E-state index in [0.717, 1.165) is 65.5 Å². The summed E-state index contributed by atoms with van der Waals surface area (Å²) in [4.78, 5) is 17.6. The molecule has 38 heavy (non-hydrogen) atoms. The van der Waals surface area contributed by atoms with E-state index in [9.17, 15) is 18.0 Å². The molecule has 0 radical (unpaired) electrons. The number of aryl methyl sites for hydroxylation is 1. The number of aldehydes is 1. The smallest absolute Gasteiger partial charge is 0.390 e. The molecule has 1 aliphatic heterocycles. The summed E-state index contributed by atoms with van der Waals surface area (Å²) in [6.07, 6.45) is 12.8. The largest absolute Gasteiger partial charge is 0.400 e. The predicted octanol–water partition coefficient (Wildman–Crippen LogP) is 6.93. The number of aliphatic hydroxyl groups is 1. The Morgan fingerprint density at radius 2 is 1.82 bits per heavy atom. The van der Waals surface area contributed by atoms with Crippen LogP contribution in [0.15, 0.2) is 78.9 Å². The molecule has 0 fully saturated rings. The standard InChI is InChI=1S/C25H26N2O.C4H8F3N.CH4O/c1-4-6-7-24-11-10-22(20-12-14-26-15-13-20)17-27(24)25(5-2)21-8-9-23(18-28)19(3)16-21;1-8-3-2-4(5,6)7;1-2/h5,7-18H,4,6H2,1-3H3;8H,2-3H2,1H3;2H,1H3/b24-7+,25-5-;;. The quantitative estimate of drug-likeness (QED) is 0.363.